The molecule has 11 rings (SSSR count). The van der Waals surface area contributed by atoms with Crippen molar-refractivity contribution in [2.75, 3.05) is 0 Å². The fourth-order valence-corrected chi connectivity index (χ4v) is 7.89. The van der Waals surface area contributed by atoms with E-state index in [0.717, 1.165) is 60.4 Å². The highest BCUT2D eigenvalue weighted by molar-refractivity contribution is 6.11. The second-order valence-corrected chi connectivity index (χ2v) is 12.7. The predicted molar refractivity (Wildman–Crippen MR) is 210 cm³/mol. The number of para-hydroxylation sites is 7. The van der Waals surface area contributed by atoms with Crippen molar-refractivity contribution in [3.63, 3.8) is 0 Å². The van der Waals surface area contributed by atoms with Crippen LogP contribution in [-0.2, 0) is 0 Å². The van der Waals surface area contributed by atoms with Crippen molar-refractivity contribution >= 4 is 65.4 Å². The van der Waals surface area contributed by atoms with Crippen LogP contribution in [0.5, 0.6) is 0 Å². The molecule has 5 heteroatoms. The standard InChI is InChI=1S/C46H29N5/c1-8-22-37-30(15-1)31-16-2-9-23-38(31)49(37)43-28-14-7-21-36(43)46-47-44(50-39-24-10-3-17-32(39)33-18-4-11-25-40(33)50)29-45(48-46)51-41-26-12-5-19-34(41)35-20-6-13-27-42(35)51/h1-29H/i3D,10D,17D,24D. The van der Waals surface area contributed by atoms with E-state index in [1.54, 1.807) is 0 Å². The fraction of sp³-hybridized carbons (Fsp3) is 0. The van der Waals surface area contributed by atoms with Crippen LogP contribution >= 0.6 is 0 Å². The van der Waals surface area contributed by atoms with Crippen molar-refractivity contribution in [3.05, 3.63) is 176 Å². The lowest BCUT2D eigenvalue weighted by Crippen LogP contribution is -2.07. The second-order valence-electron chi connectivity index (χ2n) is 12.7. The Hall–Kier alpha value is -6.98. The Kier molecular flexibility index (Phi) is 5.11. The van der Waals surface area contributed by atoms with Crippen molar-refractivity contribution < 1.29 is 5.48 Å². The highest BCUT2D eigenvalue weighted by Gasteiger charge is 2.21. The zero-order valence-corrected chi connectivity index (χ0v) is 27.2. The highest BCUT2D eigenvalue weighted by atomic mass is 15.1. The Balaban J connectivity index is 1.29. The third-order valence-corrected chi connectivity index (χ3v) is 10.0. The maximum Gasteiger partial charge on any atom is 0.166 e. The molecule has 0 unspecified atom stereocenters. The Morgan fingerprint density at radius 2 is 0.765 bits per heavy atom. The minimum atomic E-state index is -0.296. The molecule has 0 aliphatic carbocycles. The van der Waals surface area contributed by atoms with Crippen molar-refractivity contribution in [3.8, 4) is 28.7 Å². The van der Waals surface area contributed by atoms with Crippen LogP contribution in [-0.4, -0.2) is 23.7 Å². The van der Waals surface area contributed by atoms with Crippen LogP contribution in [0.15, 0.2) is 176 Å². The molecule has 0 radical (unpaired) electrons. The van der Waals surface area contributed by atoms with E-state index >= 15 is 0 Å². The molecule has 238 valence electrons. The molecule has 0 saturated heterocycles. The van der Waals surface area contributed by atoms with Gasteiger partial charge in [0.05, 0.1) is 44.3 Å². The summed E-state index contributed by atoms with van der Waals surface area (Å²) in [6.07, 6.45) is 0. The molecule has 0 aliphatic heterocycles. The molecule has 0 N–H and O–H groups in total. The van der Waals surface area contributed by atoms with Crippen LogP contribution in [0.2, 0.25) is 0 Å². The SMILES string of the molecule is [2H]c1c([2H])c([2H])c2c(c1[2H])c1ccccc1n2-c1cc(-n2c3ccccc3c3ccccc32)nc(-c2ccccc2-n2c3ccccc3c3ccccc32)n1. The summed E-state index contributed by atoms with van der Waals surface area (Å²) in [5.41, 5.74) is 6.90. The minimum absolute atomic E-state index is 0.0837. The van der Waals surface area contributed by atoms with Crippen molar-refractivity contribution in [1.29, 1.82) is 0 Å². The first-order chi connectivity index (χ1) is 27.0. The van der Waals surface area contributed by atoms with Gasteiger partial charge < -0.3 is 4.57 Å². The van der Waals surface area contributed by atoms with Gasteiger partial charge in [0.25, 0.3) is 0 Å². The molecular formula is C46H29N5. The average molecular weight is 656 g/mol. The van der Waals surface area contributed by atoms with E-state index in [2.05, 4.69) is 88.0 Å². The largest absolute Gasteiger partial charge is 0.309 e. The first kappa shape index (κ1) is 24.2. The summed E-state index contributed by atoms with van der Waals surface area (Å²) in [6, 6.07) is 50.4. The number of hydrogen-bond donors (Lipinski definition) is 0. The van der Waals surface area contributed by atoms with Crippen molar-refractivity contribution in [2.45, 2.75) is 0 Å². The van der Waals surface area contributed by atoms with E-state index in [4.69, 9.17) is 14.1 Å². The molecule has 4 heterocycles. The normalized spacial score (nSPS) is 13.0. The first-order valence-electron chi connectivity index (χ1n) is 18.9. The van der Waals surface area contributed by atoms with Crippen LogP contribution < -0.4 is 0 Å². The van der Waals surface area contributed by atoms with E-state index in [-0.39, 0.29) is 24.2 Å². The molecule has 5 nitrogen and oxygen atoms in total. The zero-order valence-electron chi connectivity index (χ0n) is 31.2. The van der Waals surface area contributed by atoms with Gasteiger partial charge in [-0.15, -0.1) is 0 Å². The van der Waals surface area contributed by atoms with Crippen LogP contribution in [0.4, 0.5) is 0 Å². The second kappa shape index (κ2) is 10.8. The quantitative estimate of drug-likeness (QED) is 0.189. The minimum Gasteiger partial charge on any atom is -0.309 e. The van der Waals surface area contributed by atoms with E-state index < -0.39 is 0 Å². The Bertz CT molecular complexity index is 3290. The van der Waals surface area contributed by atoms with E-state index in [9.17, 15) is 1.37 Å². The number of benzene rings is 7. The maximum atomic E-state index is 9.19. The summed E-state index contributed by atoms with van der Waals surface area (Å²) < 4.78 is 41.7. The van der Waals surface area contributed by atoms with Crippen molar-refractivity contribution in [2.24, 2.45) is 0 Å². The average Bonchev–Trinajstić information content (AvgIpc) is 3.88. The molecule has 51 heavy (non-hydrogen) atoms. The lowest BCUT2D eigenvalue weighted by atomic mass is 10.1. The Morgan fingerprint density at radius 3 is 1.29 bits per heavy atom. The third kappa shape index (κ3) is 4.03. The van der Waals surface area contributed by atoms with Gasteiger partial charge in [-0.2, -0.15) is 0 Å². The molecule has 0 fully saturated rings. The number of rotatable bonds is 4. The molecule has 0 amide bonds. The van der Waals surface area contributed by atoms with Crippen LogP contribution in [0.3, 0.4) is 0 Å². The first-order valence-corrected chi connectivity index (χ1v) is 16.9. The van der Waals surface area contributed by atoms with Crippen LogP contribution in [0.25, 0.3) is 94.1 Å². The number of aromatic nitrogens is 5. The van der Waals surface area contributed by atoms with Gasteiger partial charge in [0, 0.05) is 43.9 Å². The lowest BCUT2D eigenvalue weighted by molar-refractivity contribution is 0.991. The van der Waals surface area contributed by atoms with Gasteiger partial charge in [0.1, 0.15) is 11.6 Å². The Labute approximate surface area is 298 Å². The number of fused-ring (bicyclic) bond motifs is 9. The predicted octanol–water partition coefficient (Wildman–Crippen LogP) is 11.4. The highest BCUT2D eigenvalue weighted by Crippen LogP contribution is 2.38. The van der Waals surface area contributed by atoms with Gasteiger partial charge >= 0.3 is 0 Å². The molecule has 0 aliphatic rings. The summed E-state index contributed by atoms with van der Waals surface area (Å²) in [7, 11) is 0. The molecule has 0 atom stereocenters. The molecule has 0 bridgehead atoms. The molecular weight excluding hydrogens is 623 g/mol. The number of nitrogens with zero attached hydrogens (tertiary/aromatic N) is 5. The molecule has 4 aromatic heterocycles. The molecule has 11 aromatic rings. The topological polar surface area (TPSA) is 40.6 Å². The van der Waals surface area contributed by atoms with E-state index in [1.165, 1.54) is 0 Å². The van der Waals surface area contributed by atoms with Gasteiger partial charge in [-0.3, -0.25) is 9.13 Å². The van der Waals surface area contributed by atoms with Gasteiger partial charge in [0.15, 0.2) is 5.82 Å². The smallest absolute Gasteiger partial charge is 0.166 e. The monoisotopic (exact) mass is 655 g/mol. The van der Waals surface area contributed by atoms with Gasteiger partial charge in [-0.1, -0.05) is 121 Å². The van der Waals surface area contributed by atoms with E-state index in [1.807, 2.05) is 77.4 Å². The summed E-state index contributed by atoms with van der Waals surface area (Å²) in [5, 5.41) is 5.65. The summed E-state index contributed by atoms with van der Waals surface area (Å²) in [6.45, 7) is 0. The van der Waals surface area contributed by atoms with Gasteiger partial charge in [-0.25, -0.2) is 9.97 Å². The molecule has 0 saturated carbocycles. The summed E-state index contributed by atoms with van der Waals surface area (Å²) >= 11 is 0. The summed E-state index contributed by atoms with van der Waals surface area (Å²) in [5.74, 6) is 1.58. The molecule has 0 spiro atoms. The maximum absolute atomic E-state index is 9.19. The lowest BCUT2D eigenvalue weighted by Gasteiger charge is -2.16. The summed E-state index contributed by atoms with van der Waals surface area (Å²) in [4.78, 5) is 10.7. The third-order valence-electron chi connectivity index (χ3n) is 10.0. The van der Waals surface area contributed by atoms with Crippen LogP contribution in [0.1, 0.15) is 5.48 Å². The molecule has 7 aromatic carbocycles. The van der Waals surface area contributed by atoms with E-state index in [0.29, 0.717) is 33.7 Å². The van der Waals surface area contributed by atoms with Gasteiger partial charge in [-0.05, 0) is 48.5 Å². The Morgan fingerprint density at radius 1 is 0.373 bits per heavy atom. The van der Waals surface area contributed by atoms with Crippen LogP contribution in [0, 0.1) is 0 Å². The zero-order chi connectivity index (χ0) is 36.9. The fourth-order valence-electron chi connectivity index (χ4n) is 7.89. The number of hydrogen-bond acceptors (Lipinski definition) is 2. The van der Waals surface area contributed by atoms with Crippen molar-refractivity contribution in [1.82, 2.24) is 23.7 Å². The van der Waals surface area contributed by atoms with Gasteiger partial charge in [0.2, 0.25) is 0 Å².